The molecule has 0 bridgehead atoms. The average Bonchev–Trinajstić information content (AvgIpc) is 2.57. The molecule has 132 valence electrons. The van der Waals surface area contributed by atoms with Crippen LogP contribution in [0.2, 0.25) is 5.02 Å². The van der Waals surface area contributed by atoms with Crippen LogP contribution in [-0.2, 0) is 16.0 Å². The first-order valence-corrected chi connectivity index (χ1v) is 8.48. The third kappa shape index (κ3) is 5.89. The lowest BCUT2D eigenvalue weighted by Gasteiger charge is -2.17. The normalized spacial score (nSPS) is 10.6. The van der Waals surface area contributed by atoms with E-state index in [1.54, 1.807) is 36.2 Å². The zero-order valence-electron chi connectivity index (χ0n) is 14.4. The smallest absolute Gasteiger partial charge is 0.238 e. The molecule has 2 rings (SSSR count). The largest absolute Gasteiger partial charge is 0.325 e. The molecule has 0 fully saturated rings. The van der Waals surface area contributed by atoms with Crippen LogP contribution >= 0.6 is 11.6 Å². The molecule has 2 N–H and O–H groups in total. The van der Waals surface area contributed by atoms with E-state index in [1.165, 1.54) is 0 Å². The van der Waals surface area contributed by atoms with E-state index in [1.807, 2.05) is 31.2 Å². The van der Waals surface area contributed by atoms with Crippen molar-refractivity contribution in [3.8, 4) is 0 Å². The van der Waals surface area contributed by atoms with E-state index >= 15 is 0 Å². The fraction of sp³-hybridized carbons (Fsp3) is 0.263. The SMILES string of the molecule is CCc1ccccc1NC(=O)CN(C)CC(=O)Nc1ccccc1Cl. The molecule has 0 aliphatic heterocycles. The summed E-state index contributed by atoms with van der Waals surface area (Å²) in [5, 5.41) is 6.11. The molecule has 0 atom stereocenters. The lowest BCUT2D eigenvalue weighted by atomic mass is 10.1. The maximum Gasteiger partial charge on any atom is 0.238 e. The van der Waals surface area contributed by atoms with Crippen LogP contribution in [0.4, 0.5) is 11.4 Å². The predicted molar refractivity (Wildman–Crippen MR) is 102 cm³/mol. The highest BCUT2D eigenvalue weighted by molar-refractivity contribution is 6.33. The Labute approximate surface area is 153 Å². The third-order valence-corrected chi connectivity index (χ3v) is 3.98. The highest BCUT2D eigenvalue weighted by atomic mass is 35.5. The molecule has 5 nitrogen and oxygen atoms in total. The van der Waals surface area contributed by atoms with Gasteiger partial charge in [-0.05, 0) is 37.2 Å². The highest BCUT2D eigenvalue weighted by Crippen LogP contribution is 2.20. The van der Waals surface area contributed by atoms with Crippen molar-refractivity contribution in [1.29, 1.82) is 0 Å². The summed E-state index contributed by atoms with van der Waals surface area (Å²) >= 11 is 6.02. The van der Waals surface area contributed by atoms with Crippen LogP contribution in [0, 0.1) is 0 Å². The Morgan fingerprint density at radius 3 is 2.04 bits per heavy atom. The van der Waals surface area contributed by atoms with E-state index in [4.69, 9.17) is 11.6 Å². The van der Waals surface area contributed by atoms with Crippen molar-refractivity contribution in [3.63, 3.8) is 0 Å². The molecular formula is C19H22ClN3O2. The van der Waals surface area contributed by atoms with Gasteiger partial charge < -0.3 is 10.6 Å². The van der Waals surface area contributed by atoms with Gasteiger partial charge in [-0.25, -0.2) is 0 Å². The number of hydrogen-bond acceptors (Lipinski definition) is 3. The topological polar surface area (TPSA) is 61.4 Å². The average molecular weight is 360 g/mol. The number of rotatable bonds is 7. The minimum absolute atomic E-state index is 0.0913. The van der Waals surface area contributed by atoms with Crippen LogP contribution in [0.3, 0.4) is 0 Å². The van der Waals surface area contributed by atoms with Crippen molar-refractivity contribution in [3.05, 3.63) is 59.1 Å². The van der Waals surface area contributed by atoms with Gasteiger partial charge >= 0.3 is 0 Å². The lowest BCUT2D eigenvalue weighted by Crippen LogP contribution is -2.36. The summed E-state index contributed by atoms with van der Waals surface area (Å²) in [6, 6.07) is 14.7. The molecule has 0 saturated heterocycles. The van der Waals surface area contributed by atoms with E-state index in [0.29, 0.717) is 10.7 Å². The molecule has 0 heterocycles. The van der Waals surface area contributed by atoms with Crippen LogP contribution in [-0.4, -0.2) is 36.9 Å². The number of nitrogens with one attached hydrogen (secondary N) is 2. The van der Waals surface area contributed by atoms with Gasteiger partial charge in [0.1, 0.15) is 0 Å². The van der Waals surface area contributed by atoms with Crippen molar-refractivity contribution in [2.45, 2.75) is 13.3 Å². The Kier molecular flexibility index (Phi) is 6.98. The van der Waals surface area contributed by atoms with Gasteiger partial charge in [-0.3, -0.25) is 14.5 Å². The lowest BCUT2D eigenvalue weighted by molar-refractivity contribution is -0.119. The number of hydrogen-bond donors (Lipinski definition) is 2. The highest BCUT2D eigenvalue weighted by Gasteiger charge is 2.13. The number of halogens is 1. The summed E-state index contributed by atoms with van der Waals surface area (Å²) in [5.41, 5.74) is 2.45. The molecule has 6 heteroatoms. The number of amides is 2. The zero-order valence-corrected chi connectivity index (χ0v) is 15.1. The summed E-state index contributed by atoms with van der Waals surface area (Å²) < 4.78 is 0. The van der Waals surface area contributed by atoms with Crippen molar-refractivity contribution >= 4 is 34.8 Å². The minimum Gasteiger partial charge on any atom is -0.325 e. The Balaban J connectivity index is 1.85. The number of carbonyl (C=O) groups is 2. The second kappa shape index (κ2) is 9.20. The monoisotopic (exact) mass is 359 g/mol. The van der Waals surface area contributed by atoms with E-state index < -0.39 is 0 Å². The molecule has 0 radical (unpaired) electrons. The predicted octanol–water partition coefficient (Wildman–Crippen LogP) is 3.41. The molecule has 2 aromatic rings. The van der Waals surface area contributed by atoms with Gasteiger partial charge in [-0.15, -0.1) is 0 Å². The van der Waals surface area contributed by atoms with Crippen molar-refractivity contribution < 1.29 is 9.59 Å². The summed E-state index contributed by atoms with van der Waals surface area (Å²) in [4.78, 5) is 25.9. The summed E-state index contributed by atoms with van der Waals surface area (Å²) in [6.07, 6.45) is 0.840. The van der Waals surface area contributed by atoms with Gasteiger partial charge in [-0.2, -0.15) is 0 Å². The molecular weight excluding hydrogens is 338 g/mol. The number of carbonyl (C=O) groups excluding carboxylic acids is 2. The number of aryl methyl sites for hydroxylation is 1. The van der Waals surface area contributed by atoms with Crippen LogP contribution in [0.25, 0.3) is 0 Å². The van der Waals surface area contributed by atoms with Crippen molar-refractivity contribution in [2.75, 3.05) is 30.8 Å². The Morgan fingerprint density at radius 1 is 0.920 bits per heavy atom. The van der Waals surface area contributed by atoms with E-state index in [-0.39, 0.29) is 24.9 Å². The van der Waals surface area contributed by atoms with E-state index in [9.17, 15) is 9.59 Å². The number of para-hydroxylation sites is 2. The molecule has 2 aromatic carbocycles. The third-order valence-electron chi connectivity index (χ3n) is 3.65. The molecule has 0 aromatic heterocycles. The molecule has 2 amide bonds. The van der Waals surface area contributed by atoms with Crippen LogP contribution in [0.5, 0.6) is 0 Å². The van der Waals surface area contributed by atoms with Crippen molar-refractivity contribution in [1.82, 2.24) is 4.90 Å². The number of likely N-dealkylation sites (N-methyl/N-ethyl adjacent to an activating group) is 1. The Morgan fingerprint density at radius 2 is 1.44 bits per heavy atom. The zero-order chi connectivity index (χ0) is 18.2. The number of nitrogens with zero attached hydrogens (tertiary/aromatic N) is 1. The maximum atomic E-state index is 12.2. The Hall–Kier alpha value is -2.37. The quantitative estimate of drug-likeness (QED) is 0.796. The van der Waals surface area contributed by atoms with Crippen LogP contribution in [0.15, 0.2) is 48.5 Å². The molecule has 0 unspecified atom stereocenters. The maximum absolute atomic E-state index is 12.2. The van der Waals surface area contributed by atoms with E-state index in [2.05, 4.69) is 10.6 Å². The van der Waals surface area contributed by atoms with Gasteiger partial charge in [0.05, 0.1) is 23.8 Å². The van der Waals surface area contributed by atoms with Gasteiger partial charge in [0.15, 0.2) is 0 Å². The minimum atomic E-state index is -0.225. The Bertz CT molecular complexity index is 749. The summed E-state index contributed by atoms with van der Waals surface area (Å²) in [7, 11) is 1.72. The second-order valence-corrected chi connectivity index (χ2v) is 6.17. The molecule has 0 spiro atoms. The first-order chi connectivity index (χ1) is 12.0. The fourth-order valence-corrected chi connectivity index (χ4v) is 2.62. The first-order valence-electron chi connectivity index (χ1n) is 8.10. The van der Waals surface area contributed by atoms with Crippen LogP contribution in [0.1, 0.15) is 12.5 Å². The van der Waals surface area contributed by atoms with Gasteiger partial charge in [0, 0.05) is 5.69 Å². The molecule has 0 saturated carbocycles. The summed E-state index contributed by atoms with van der Waals surface area (Å²) in [6.45, 7) is 2.25. The fourth-order valence-electron chi connectivity index (χ4n) is 2.44. The molecule has 25 heavy (non-hydrogen) atoms. The second-order valence-electron chi connectivity index (χ2n) is 5.76. The van der Waals surface area contributed by atoms with Crippen LogP contribution < -0.4 is 10.6 Å². The summed E-state index contributed by atoms with van der Waals surface area (Å²) in [5.74, 6) is -0.383. The first kappa shape index (κ1) is 19.0. The molecule has 0 aliphatic carbocycles. The van der Waals surface area contributed by atoms with Gasteiger partial charge in [-0.1, -0.05) is 48.9 Å². The molecule has 0 aliphatic rings. The van der Waals surface area contributed by atoms with Gasteiger partial charge in [0.25, 0.3) is 0 Å². The van der Waals surface area contributed by atoms with Crippen molar-refractivity contribution in [2.24, 2.45) is 0 Å². The standard InChI is InChI=1S/C19H22ClN3O2/c1-3-14-8-4-6-10-16(14)21-18(24)12-23(2)13-19(25)22-17-11-7-5-9-15(17)20/h4-11H,3,12-13H2,1-2H3,(H,21,24)(H,22,25). The number of anilines is 2. The van der Waals surface area contributed by atoms with Gasteiger partial charge in [0.2, 0.25) is 11.8 Å². The van der Waals surface area contributed by atoms with E-state index in [0.717, 1.165) is 17.7 Å². The number of benzene rings is 2.